The Morgan fingerprint density at radius 1 is 1.21 bits per heavy atom. The molecule has 8 heteroatoms. The second kappa shape index (κ2) is 6.91. The Balaban J connectivity index is 2.50. The van der Waals surface area contributed by atoms with Crippen LogP contribution in [0.25, 0.3) is 0 Å². The molecule has 124 valence electrons. The van der Waals surface area contributed by atoms with E-state index in [0.29, 0.717) is 16.1 Å². The van der Waals surface area contributed by atoms with Crippen molar-refractivity contribution < 1.29 is 18.3 Å². The third kappa shape index (κ3) is 4.25. The van der Waals surface area contributed by atoms with Gasteiger partial charge >= 0.3 is 5.97 Å². The average molecular weight is 365 g/mol. The predicted octanol–water partition coefficient (Wildman–Crippen LogP) is 3.07. The summed E-state index contributed by atoms with van der Waals surface area (Å²) in [5.74, 6) is -2.00. The van der Waals surface area contributed by atoms with E-state index in [1.165, 1.54) is 18.2 Å². The van der Waals surface area contributed by atoms with Crippen LogP contribution in [0, 0.1) is 11.3 Å². The summed E-state index contributed by atoms with van der Waals surface area (Å²) in [7, 11) is -3.62. The molecule has 0 aliphatic heterocycles. The van der Waals surface area contributed by atoms with Crippen LogP contribution >= 0.6 is 11.6 Å². The zero-order valence-corrected chi connectivity index (χ0v) is 14.1. The summed E-state index contributed by atoms with van der Waals surface area (Å²) in [5, 5.41) is 19.3. The summed E-state index contributed by atoms with van der Waals surface area (Å²) < 4.78 is 24.8. The van der Waals surface area contributed by atoms with Crippen molar-refractivity contribution in [2.24, 2.45) is 0 Å². The van der Waals surface area contributed by atoms with Crippen LogP contribution in [0.5, 0.6) is 0 Å². The number of hydrogen-bond acceptors (Lipinski definition) is 4. The number of nitrogens with zero attached hydrogens (tertiary/aromatic N) is 1. The summed E-state index contributed by atoms with van der Waals surface area (Å²) in [6, 6.07) is 12.9. The number of halogens is 1. The quantitative estimate of drug-likeness (QED) is 0.847. The Labute approximate surface area is 144 Å². The smallest absolute Gasteiger partial charge is 0.337 e. The van der Waals surface area contributed by atoms with Crippen LogP contribution in [-0.2, 0) is 10.0 Å². The number of benzene rings is 2. The van der Waals surface area contributed by atoms with Gasteiger partial charge in [-0.2, -0.15) is 5.26 Å². The van der Waals surface area contributed by atoms with Crippen molar-refractivity contribution in [2.45, 2.75) is 5.92 Å². The van der Waals surface area contributed by atoms with Gasteiger partial charge in [0.15, 0.2) is 0 Å². The number of nitriles is 1. The maximum absolute atomic E-state index is 11.4. The van der Waals surface area contributed by atoms with Gasteiger partial charge in [-0.05, 0) is 35.4 Å². The highest BCUT2D eigenvalue weighted by Crippen LogP contribution is 2.29. The van der Waals surface area contributed by atoms with Crippen LogP contribution in [0.4, 0.5) is 5.69 Å². The maximum atomic E-state index is 11.4. The minimum atomic E-state index is -3.62. The number of carboxylic acid groups (broad SMARTS) is 1. The van der Waals surface area contributed by atoms with Crippen molar-refractivity contribution in [1.82, 2.24) is 0 Å². The first-order chi connectivity index (χ1) is 11.2. The van der Waals surface area contributed by atoms with Gasteiger partial charge in [0.25, 0.3) is 0 Å². The van der Waals surface area contributed by atoms with E-state index in [9.17, 15) is 23.6 Å². The molecule has 2 aromatic carbocycles. The van der Waals surface area contributed by atoms with E-state index in [2.05, 4.69) is 10.8 Å². The molecular formula is C16H13ClN2O4S. The Morgan fingerprint density at radius 3 is 2.29 bits per heavy atom. The average Bonchev–Trinajstić information content (AvgIpc) is 2.49. The van der Waals surface area contributed by atoms with E-state index in [0.717, 1.165) is 6.26 Å². The maximum Gasteiger partial charge on any atom is 0.337 e. The van der Waals surface area contributed by atoms with Gasteiger partial charge in [0, 0.05) is 5.02 Å². The van der Waals surface area contributed by atoms with Crippen molar-refractivity contribution in [3.63, 3.8) is 0 Å². The molecule has 0 bridgehead atoms. The van der Waals surface area contributed by atoms with Crippen LogP contribution in [0.1, 0.15) is 27.4 Å². The highest BCUT2D eigenvalue weighted by atomic mass is 35.5. The first-order valence-electron chi connectivity index (χ1n) is 6.71. The number of carbonyl (C=O) groups is 1. The lowest BCUT2D eigenvalue weighted by Gasteiger charge is -2.14. The lowest BCUT2D eigenvalue weighted by atomic mass is 9.91. The van der Waals surface area contributed by atoms with Gasteiger partial charge in [-0.1, -0.05) is 29.8 Å². The first kappa shape index (κ1) is 17.8. The lowest BCUT2D eigenvalue weighted by Crippen LogP contribution is -2.14. The minimum Gasteiger partial charge on any atom is -0.478 e. The van der Waals surface area contributed by atoms with E-state index in [-0.39, 0.29) is 11.3 Å². The molecular weight excluding hydrogens is 352 g/mol. The summed E-state index contributed by atoms with van der Waals surface area (Å²) in [5.41, 5.74) is 0.812. The van der Waals surface area contributed by atoms with Crippen LogP contribution in [0.15, 0.2) is 42.5 Å². The van der Waals surface area contributed by atoms with Crippen LogP contribution in [0.2, 0.25) is 5.02 Å². The Bertz CT molecular complexity index is 918. The van der Waals surface area contributed by atoms with Crippen molar-refractivity contribution >= 4 is 33.3 Å². The summed E-state index contributed by atoms with van der Waals surface area (Å²) in [4.78, 5) is 11.4. The normalized spacial score (nSPS) is 12.2. The van der Waals surface area contributed by atoms with Gasteiger partial charge in [-0.15, -0.1) is 0 Å². The molecule has 2 aromatic rings. The number of nitrogens with one attached hydrogen (secondary N) is 1. The van der Waals surface area contributed by atoms with Gasteiger partial charge in [-0.25, -0.2) is 13.2 Å². The van der Waals surface area contributed by atoms with Gasteiger partial charge in [0.05, 0.1) is 29.5 Å². The molecule has 6 nitrogen and oxygen atoms in total. The van der Waals surface area contributed by atoms with Gasteiger partial charge < -0.3 is 5.11 Å². The number of sulfonamides is 1. The molecule has 0 heterocycles. The molecule has 0 radical (unpaired) electrons. The van der Waals surface area contributed by atoms with Crippen LogP contribution < -0.4 is 4.72 Å². The standard InChI is InChI=1S/C16H13ClN2O4S/c1-24(22,23)19-15-7-4-11(8-13(15)16(20)21)14(9-18)10-2-5-12(17)6-3-10/h2-8,14,19H,1H3,(H,20,21)/t14-/m1/s1. The fourth-order valence-electron chi connectivity index (χ4n) is 2.20. The zero-order chi connectivity index (χ0) is 17.9. The van der Waals surface area contributed by atoms with Gasteiger partial charge in [0.2, 0.25) is 10.0 Å². The Hall–Kier alpha value is -2.56. The number of aromatic carboxylic acids is 1. The molecule has 1 atom stereocenters. The van der Waals surface area contributed by atoms with Crippen molar-refractivity contribution in [1.29, 1.82) is 5.26 Å². The second-order valence-electron chi connectivity index (χ2n) is 5.10. The molecule has 24 heavy (non-hydrogen) atoms. The number of hydrogen-bond donors (Lipinski definition) is 2. The molecule has 2 N–H and O–H groups in total. The summed E-state index contributed by atoms with van der Waals surface area (Å²) in [6.07, 6.45) is 0.929. The fraction of sp³-hybridized carbons (Fsp3) is 0.125. The molecule has 0 saturated heterocycles. The highest BCUT2D eigenvalue weighted by Gasteiger charge is 2.19. The number of carboxylic acids is 1. The third-order valence-corrected chi connectivity index (χ3v) is 4.08. The minimum absolute atomic E-state index is 0.0541. The van der Waals surface area contributed by atoms with Crippen molar-refractivity contribution in [3.8, 4) is 6.07 Å². The molecule has 0 fully saturated rings. The molecule has 0 unspecified atom stereocenters. The molecule has 0 aliphatic rings. The SMILES string of the molecule is CS(=O)(=O)Nc1ccc([C@H](C#N)c2ccc(Cl)cc2)cc1C(=O)O. The molecule has 0 aromatic heterocycles. The third-order valence-electron chi connectivity index (χ3n) is 3.24. The number of anilines is 1. The second-order valence-corrected chi connectivity index (χ2v) is 7.28. The lowest BCUT2D eigenvalue weighted by molar-refractivity contribution is 0.0698. The van der Waals surface area contributed by atoms with Crippen LogP contribution in [0.3, 0.4) is 0 Å². The van der Waals surface area contributed by atoms with E-state index in [4.69, 9.17) is 11.6 Å². The molecule has 0 aliphatic carbocycles. The Kier molecular flexibility index (Phi) is 5.12. The van der Waals surface area contributed by atoms with E-state index in [1.807, 2.05) is 0 Å². The van der Waals surface area contributed by atoms with Gasteiger partial charge in [-0.3, -0.25) is 4.72 Å². The van der Waals surface area contributed by atoms with E-state index < -0.39 is 21.9 Å². The first-order valence-corrected chi connectivity index (χ1v) is 8.98. The zero-order valence-electron chi connectivity index (χ0n) is 12.5. The molecule has 0 spiro atoms. The summed E-state index contributed by atoms with van der Waals surface area (Å²) in [6.45, 7) is 0. The largest absolute Gasteiger partial charge is 0.478 e. The van der Waals surface area contributed by atoms with Gasteiger partial charge in [0.1, 0.15) is 0 Å². The van der Waals surface area contributed by atoms with E-state index >= 15 is 0 Å². The summed E-state index contributed by atoms with van der Waals surface area (Å²) >= 11 is 5.83. The van der Waals surface area contributed by atoms with Crippen molar-refractivity contribution in [2.75, 3.05) is 11.0 Å². The predicted molar refractivity (Wildman–Crippen MR) is 90.8 cm³/mol. The molecule has 0 amide bonds. The topological polar surface area (TPSA) is 107 Å². The Morgan fingerprint density at radius 2 is 1.79 bits per heavy atom. The highest BCUT2D eigenvalue weighted by molar-refractivity contribution is 7.92. The van der Waals surface area contributed by atoms with Crippen LogP contribution in [-0.4, -0.2) is 25.7 Å². The molecule has 0 saturated carbocycles. The van der Waals surface area contributed by atoms with Crippen molar-refractivity contribution in [3.05, 3.63) is 64.2 Å². The fourth-order valence-corrected chi connectivity index (χ4v) is 2.91. The van der Waals surface area contributed by atoms with E-state index in [1.54, 1.807) is 24.3 Å². The molecule has 2 rings (SSSR count). The number of rotatable bonds is 5. The monoisotopic (exact) mass is 364 g/mol.